The lowest BCUT2D eigenvalue weighted by atomic mass is 10.1. The fourth-order valence-corrected chi connectivity index (χ4v) is 1.07. The van der Waals surface area contributed by atoms with Gasteiger partial charge < -0.3 is 15.6 Å². The van der Waals surface area contributed by atoms with Crippen molar-refractivity contribution in [2.75, 3.05) is 7.11 Å². The Morgan fingerprint density at radius 3 is 2.67 bits per heavy atom. The summed E-state index contributed by atoms with van der Waals surface area (Å²) in [5, 5.41) is 9.55. The van der Waals surface area contributed by atoms with E-state index in [-0.39, 0.29) is 11.8 Å². The van der Waals surface area contributed by atoms with Crippen molar-refractivity contribution < 1.29 is 9.84 Å². The molecule has 0 spiro atoms. The fourth-order valence-electron chi connectivity index (χ4n) is 1.07. The summed E-state index contributed by atoms with van der Waals surface area (Å²) in [5.74, 6) is 0.597. The van der Waals surface area contributed by atoms with Gasteiger partial charge in [-0.25, -0.2) is 0 Å². The summed E-state index contributed by atoms with van der Waals surface area (Å²) >= 11 is 0. The van der Waals surface area contributed by atoms with Crippen molar-refractivity contribution in [3.8, 4) is 11.5 Å². The molecule has 0 heterocycles. The van der Waals surface area contributed by atoms with Gasteiger partial charge in [0.25, 0.3) is 0 Å². The van der Waals surface area contributed by atoms with Crippen molar-refractivity contribution in [1.82, 2.24) is 0 Å². The lowest BCUT2D eigenvalue weighted by molar-refractivity contribution is 0.369. The van der Waals surface area contributed by atoms with Crippen LogP contribution in [0.3, 0.4) is 0 Å². The van der Waals surface area contributed by atoms with Crippen molar-refractivity contribution in [1.29, 1.82) is 0 Å². The minimum Gasteiger partial charge on any atom is -0.504 e. The molecule has 0 aromatic heterocycles. The smallest absolute Gasteiger partial charge is 0.162 e. The molecule has 3 nitrogen and oxygen atoms in total. The Labute approximate surface area is 71.8 Å². The van der Waals surface area contributed by atoms with E-state index in [1.54, 1.807) is 18.2 Å². The van der Waals surface area contributed by atoms with E-state index in [0.717, 1.165) is 0 Å². The van der Waals surface area contributed by atoms with Gasteiger partial charge in [0.05, 0.1) is 7.11 Å². The first-order valence-electron chi connectivity index (χ1n) is 3.78. The molecule has 0 aliphatic rings. The summed E-state index contributed by atoms with van der Waals surface area (Å²) in [6.45, 7) is 1.81. The molecular weight excluding hydrogens is 154 g/mol. The summed E-state index contributed by atoms with van der Waals surface area (Å²) in [6.07, 6.45) is 0. The molecule has 1 atom stereocenters. The van der Waals surface area contributed by atoms with E-state index in [1.807, 2.05) is 6.92 Å². The molecule has 1 rings (SSSR count). The van der Waals surface area contributed by atoms with Crippen molar-refractivity contribution in [3.63, 3.8) is 0 Å². The van der Waals surface area contributed by atoms with Crippen molar-refractivity contribution in [2.45, 2.75) is 13.0 Å². The number of rotatable bonds is 2. The van der Waals surface area contributed by atoms with E-state index < -0.39 is 0 Å². The molecule has 0 aliphatic carbocycles. The molecule has 0 aliphatic heterocycles. The van der Waals surface area contributed by atoms with Gasteiger partial charge in [0.2, 0.25) is 0 Å². The number of benzene rings is 1. The van der Waals surface area contributed by atoms with E-state index in [1.165, 1.54) is 7.11 Å². The summed E-state index contributed by atoms with van der Waals surface area (Å²) in [6, 6.07) is 5.10. The molecule has 0 saturated carbocycles. The average Bonchev–Trinajstić information content (AvgIpc) is 2.04. The highest BCUT2D eigenvalue weighted by atomic mass is 16.5. The number of phenols is 1. The maximum Gasteiger partial charge on any atom is 0.162 e. The zero-order valence-corrected chi connectivity index (χ0v) is 7.24. The first kappa shape index (κ1) is 8.87. The third-order valence-corrected chi connectivity index (χ3v) is 1.74. The summed E-state index contributed by atoms with van der Waals surface area (Å²) in [5.41, 5.74) is 6.33. The van der Waals surface area contributed by atoms with Crippen LogP contribution in [0.5, 0.6) is 11.5 Å². The van der Waals surface area contributed by atoms with E-state index in [0.29, 0.717) is 11.3 Å². The van der Waals surface area contributed by atoms with E-state index in [9.17, 15) is 5.11 Å². The topological polar surface area (TPSA) is 55.5 Å². The monoisotopic (exact) mass is 167 g/mol. The van der Waals surface area contributed by atoms with Gasteiger partial charge in [0.15, 0.2) is 11.5 Å². The quantitative estimate of drug-likeness (QED) is 0.700. The highest BCUT2D eigenvalue weighted by molar-refractivity contribution is 5.46. The standard InChI is InChI=1S/C9H13NO2/c1-6(10)7-4-3-5-8(12-2)9(7)11/h3-6,11H,10H2,1-2H3/t6-/m0/s1. The molecule has 3 N–H and O–H groups in total. The summed E-state index contributed by atoms with van der Waals surface area (Å²) in [4.78, 5) is 0. The van der Waals surface area contributed by atoms with Gasteiger partial charge in [-0.1, -0.05) is 12.1 Å². The molecule has 0 unspecified atom stereocenters. The van der Waals surface area contributed by atoms with Crippen molar-refractivity contribution in [2.24, 2.45) is 5.73 Å². The summed E-state index contributed by atoms with van der Waals surface area (Å²) < 4.78 is 4.93. The van der Waals surface area contributed by atoms with Crippen LogP contribution in [0.15, 0.2) is 18.2 Å². The highest BCUT2D eigenvalue weighted by Crippen LogP contribution is 2.32. The van der Waals surface area contributed by atoms with Gasteiger partial charge >= 0.3 is 0 Å². The van der Waals surface area contributed by atoms with Gasteiger partial charge in [0.1, 0.15) is 0 Å². The molecule has 0 amide bonds. The Morgan fingerprint density at radius 2 is 2.17 bits per heavy atom. The normalized spacial score (nSPS) is 12.6. The number of methoxy groups -OCH3 is 1. The second-order valence-electron chi connectivity index (χ2n) is 2.69. The third-order valence-electron chi connectivity index (χ3n) is 1.74. The maximum absolute atomic E-state index is 9.55. The second-order valence-corrected chi connectivity index (χ2v) is 2.69. The van der Waals surface area contributed by atoms with Crippen molar-refractivity contribution in [3.05, 3.63) is 23.8 Å². The zero-order valence-electron chi connectivity index (χ0n) is 7.24. The molecule has 0 radical (unpaired) electrons. The number of phenolic OH excluding ortho intramolecular Hbond substituents is 1. The van der Waals surface area contributed by atoms with Crippen LogP contribution < -0.4 is 10.5 Å². The van der Waals surface area contributed by atoms with Gasteiger partial charge in [-0.2, -0.15) is 0 Å². The van der Waals surface area contributed by atoms with Crippen LogP contribution in [0, 0.1) is 0 Å². The molecule has 0 bridgehead atoms. The fraction of sp³-hybridized carbons (Fsp3) is 0.333. The molecule has 0 fully saturated rings. The molecule has 1 aromatic rings. The Hall–Kier alpha value is -1.22. The minimum atomic E-state index is -0.180. The molecule has 66 valence electrons. The SMILES string of the molecule is COc1cccc([C@H](C)N)c1O. The Balaban J connectivity index is 3.14. The van der Waals surface area contributed by atoms with Crippen LogP contribution >= 0.6 is 0 Å². The predicted molar refractivity (Wildman–Crippen MR) is 47.3 cm³/mol. The zero-order chi connectivity index (χ0) is 9.14. The second kappa shape index (κ2) is 3.45. The Bertz CT molecular complexity index is 271. The first-order valence-corrected chi connectivity index (χ1v) is 3.78. The molecule has 12 heavy (non-hydrogen) atoms. The largest absolute Gasteiger partial charge is 0.504 e. The van der Waals surface area contributed by atoms with E-state index in [2.05, 4.69) is 0 Å². The Morgan fingerprint density at radius 1 is 1.50 bits per heavy atom. The van der Waals surface area contributed by atoms with E-state index in [4.69, 9.17) is 10.5 Å². The number of para-hydroxylation sites is 1. The number of aromatic hydroxyl groups is 1. The van der Waals surface area contributed by atoms with Gasteiger partial charge in [-0.05, 0) is 13.0 Å². The van der Waals surface area contributed by atoms with Gasteiger partial charge in [0, 0.05) is 11.6 Å². The summed E-state index contributed by atoms with van der Waals surface area (Å²) in [7, 11) is 1.51. The number of hydrogen-bond donors (Lipinski definition) is 2. The Kier molecular flexibility index (Phi) is 2.55. The van der Waals surface area contributed by atoms with Crippen LogP contribution in [0.2, 0.25) is 0 Å². The molecule has 3 heteroatoms. The highest BCUT2D eigenvalue weighted by Gasteiger charge is 2.09. The lowest BCUT2D eigenvalue weighted by Gasteiger charge is -2.10. The van der Waals surface area contributed by atoms with Crippen LogP contribution in [-0.2, 0) is 0 Å². The van der Waals surface area contributed by atoms with Crippen molar-refractivity contribution >= 4 is 0 Å². The third kappa shape index (κ3) is 1.51. The van der Waals surface area contributed by atoms with E-state index >= 15 is 0 Å². The van der Waals surface area contributed by atoms with Crippen LogP contribution in [0.1, 0.15) is 18.5 Å². The van der Waals surface area contributed by atoms with Gasteiger partial charge in [-0.15, -0.1) is 0 Å². The van der Waals surface area contributed by atoms with Gasteiger partial charge in [-0.3, -0.25) is 0 Å². The maximum atomic E-state index is 9.55. The number of nitrogens with two attached hydrogens (primary N) is 1. The minimum absolute atomic E-state index is 0.134. The first-order chi connectivity index (χ1) is 5.66. The van der Waals surface area contributed by atoms with Crippen LogP contribution in [-0.4, -0.2) is 12.2 Å². The lowest BCUT2D eigenvalue weighted by Crippen LogP contribution is -2.05. The average molecular weight is 167 g/mol. The number of ether oxygens (including phenoxy) is 1. The molecular formula is C9H13NO2. The van der Waals surface area contributed by atoms with Crippen LogP contribution in [0.4, 0.5) is 0 Å². The molecule has 0 saturated heterocycles. The molecule has 1 aromatic carbocycles. The van der Waals surface area contributed by atoms with Crippen LogP contribution in [0.25, 0.3) is 0 Å². The number of hydrogen-bond acceptors (Lipinski definition) is 3. The predicted octanol–water partition coefficient (Wildman–Crippen LogP) is 1.42.